The van der Waals surface area contributed by atoms with Gasteiger partial charge in [0.2, 0.25) is 5.95 Å². The molecule has 0 atom stereocenters. The van der Waals surface area contributed by atoms with Crippen molar-refractivity contribution in [3.8, 4) is 17.3 Å². The van der Waals surface area contributed by atoms with Crippen LogP contribution < -0.4 is 10.6 Å². The van der Waals surface area contributed by atoms with Crippen LogP contribution in [0, 0.1) is 11.3 Å². The molecular weight excluding hydrogens is 310 g/mol. The maximum atomic E-state index is 8.90. The molecule has 25 heavy (non-hydrogen) atoms. The number of hydrogen-bond donors (Lipinski definition) is 2. The lowest BCUT2D eigenvalue weighted by molar-refractivity contribution is 0.954. The highest BCUT2D eigenvalue weighted by Gasteiger charge is 2.07. The highest BCUT2D eigenvalue weighted by atomic mass is 15.1. The molecule has 0 aliphatic heterocycles. The van der Waals surface area contributed by atoms with E-state index in [4.69, 9.17) is 5.26 Å². The van der Waals surface area contributed by atoms with Crippen LogP contribution in [0.4, 0.5) is 17.5 Å². The number of nitrogens with one attached hydrogen (secondary N) is 2. The smallest absolute Gasteiger partial charge is 0.225 e. The average Bonchev–Trinajstić information content (AvgIpc) is 2.67. The van der Waals surface area contributed by atoms with E-state index in [1.807, 2.05) is 48.5 Å². The summed E-state index contributed by atoms with van der Waals surface area (Å²) in [6.07, 6.45) is 0.997. The first-order valence-electron chi connectivity index (χ1n) is 8.24. The van der Waals surface area contributed by atoms with Crippen molar-refractivity contribution in [3.63, 3.8) is 0 Å². The summed E-state index contributed by atoms with van der Waals surface area (Å²) in [4.78, 5) is 9.14. The van der Waals surface area contributed by atoms with Crippen molar-refractivity contribution in [3.05, 3.63) is 66.2 Å². The van der Waals surface area contributed by atoms with Gasteiger partial charge in [-0.1, -0.05) is 37.3 Å². The molecule has 2 aromatic carbocycles. The first-order valence-corrected chi connectivity index (χ1v) is 8.24. The molecule has 1 aromatic heterocycles. The van der Waals surface area contributed by atoms with Crippen LogP contribution >= 0.6 is 0 Å². The molecule has 0 unspecified atom stereocenters. The second-order valence-corrected chi connectivity index (χ2v) is 5.57. The molecule has 5 nitrogen and oxygen atoms in total. The molecule has 0 saturated carbocycles. The molecule has 3 aromatic rings. The van der Waals surface area contributed by atoms with Crippen molar-refractivity contribution in [2.24, 2.45) is 0 Å². The van der Waals surface area contributed by atoms with Crippen molar-refractivity contribution in [2.75, 3.05) is 17.2 Å². The fourth-order valence-electron chi connectivity index (χ4n) is 2.36. The normalized spacial score (nSPS) is 10.1. The summed E-state index contributed by atoms with van der Waals surface area (Å²) < 4.78 is 0. The van der Waals surface area contributed by atoms with E-state index in [2.05, 4.69) is 33.6 Å². The maximum absolute atomic E-state index is 8.90. The van der Waals surface area contributed by atoms with Crippen LogP contribution in [0.2, 0.25) is 0 Å². The van der Waals surface area contributed by atoms with Crippen LogP contribution in [-0.4, -0.2) is 16.5 Å². The molecule has 124 valence electrons. The van der Waals surface area contributed by atoms with Gasteiger partial charge in [0, 0.05) is 23.9 Å². The predicted molar refractivity (Wildman–Crippen MR) is 101 cm³/mol. The molecule has 0 bridgehead atoms. The van der Waals surface area contributed by atoms with Crippen molar-refractivity contribution in [1.82, 2.24) is 9.97 Å². The van der Waals surface area contributed by atoms with E-state index in [1.165, 1.54) is 0 Å². The zero-order valence-electron chi connectivity index (χ0n) is 14.0. The Bertz CT molecular complexity index is 867. The molecule has 5 heteroatoms. The summed E-state index contributed by atoms with van der Waals surface area (Å²) in [5.74, 6) is 1.30. The van der Waals surface area contributed by atoms with Crippen molar-refractivity contribution in [1.29, 1.82) is 5.26 Å². The largest absolute Gasteiger partial charge is 0.354 e. The van der Waals surface area contributed by atoms with E-state index in [0.717, 1.165) is 29.9 Å². The Labute approximate surface area is 147 Å². The first-order chi connectivity index (χ1) is 12.3. The van der Waals surface area contributed by atoms with E-state index in [0.29, 0.717) is 17.3 Å². The van der Waals surface area contributed by atoms with Gasteiger partial charge in [-0.15, -0.1) is 0 Å². The molecule has 0 fully saturated rings. The Morgan fingerprint density at radius 1 is 1.00 bits per heavy atom. The van der Waals surface area contributed by atoms with Gasteiger partial charge in [-0.3, -0.25) is 0 Å². The van der Waals surface area contributed by atoms with Gasteiger partial charge >= 0.3 is 0 Å². The van der Waals surface area contributed by atoms with Gasteiger partial charge in [-0.05, 0) is 30.7 Å². The Kier molecular flexibility index (Phi) is 5.22. The van der Waals surface area contributed by atoms with E-state index >= 15 is 0 Å². The molecule has 0 radical (unpaired) electrons. The summed E-state index contributed by atoms with van der Waals surface area (Å²) >= 11 is 0. The van der Waals surface area contributed by atoms with Crippen molar-refractivity contribution < 1.29 is 0 Å². The third-order valence-corrected chi connectivity index (χ3v) is 3.62. The fraction of sp³-hybridized carbons (Fsp3) is 0.150. The number of hydrogen-bond acceptors (Lipinski definition) is 5. The fourth-order valence-corrected chi connectivity index (χ4v) is 2.36. The SMILES string of the molecule is CCCNc1nc(Nc2ccc(C#N)cc2)cc(-c2ccccc2)n1. The van der Waals surface area contributed by atoms with E-state index < -0.39 is 0 Å². The van der Waals surface area contributed by atoms with Gasteiger partial charge in [-0.2, -0.15) is 10.2 Å². The van der Waals surface area contributed by atoms with Crippen molar-refractivity contribution >= 4 is 17.5 Å². The Morgan fingerprint density at radius 3 is 2.44 bits per heavy atom. The molecule has 2 N–H and O–H groups in total. The van der Waals surface area contributed by atoms with E-state index in [-0.39, 0.29) is 0 Å². The summed E-state index contributed by atoms with van der Waals surface area (Å²) in [6, 6.07) is 21.3. The zero-order chi connectivity index (χ0) is 17.5. The summed E-state index contributed by atoms with van der Waals surface area (Å²) in [5.41, 5.74) is 3.39. The molecule has 0 aliphatic carbocycles. The number of benzene rings is 2. The minimum Gasteiger partial charge on any atom is -0.354 e. The topological polar surface area (TPSA) is 73.6 Å². The van der Waals surface area contributed by atoms with Gasteiger partial charge in [0.25, 0.3) is 0 Å². The molecule has 0 spiro atoms. The maximum Gasteiger partial charge on any atom is 0.225 e. The second kappa shape index (κ2) is 7.93. The quantitative estimate of drug-likeness (QED) is 0.692. The van der Waals surface area contributed by atoms with Crippen LogP contribution in [0.1, 0.15) is 18.9 Å². The predicted octanol–water partition coefficient (Wildman–Crippen LogP) is 4.58. The lowest BCUT2D eigenvalue weighted by Gasteiger charge is -2.11. The zero-order valence-corrected chi connectivity index (χ0v) is 14.0. The summed E-state index contributed by atoms with van der Waals surface area (Å²) in [7, 11) is 0. The third kappa shape index (κ3) is 4.33. The molecule has 0 aliphatic rings. The summed E-state index contributed by atoms with van der Waals surface area (Å²) in [5, 5.41) is 15.4. The molecule has 0 saturated heterocycles. The number of nitrogens with zero attached hydrogens (tertiary/aromatic N) is 3. The summed E-state index contributed by atoms with van der Waals surface area (Å²) in [6.45, 7) is 2.92. The number of anilines is 3. The molecule has 0 amide bonds. The van der Waals surface area contributed by atoms with Crippen LogP contribution in [0.25, 0.3) is 11.3 Å². The molecule has 3 rings (SSSR count). The minimum absolute atomic E-state index is 0.597. The first kappa shape index (κ1) is 16.5. The van der Waals surface area contributed by atoms with E-state index in [9.17, 15) is 0 Å². The van der Waals surface area contributed by atoms with Gasteiger partial charge in [0.15, 0.2) is 0 Å². The van der Waals surface area contributed by atoms with Crippen LogP contribution in [0.15, 0.2) is 60.7 Å². The van der Waals surface area contributed by atoms with Gasteiger partial charge in [0.1, 0.15) is 5.82 Å². The lowest BCUT2D eigenvalue weighted by Crippen LogP contribution is -2.06. The second-order valence-electron chi connectivity index (χ2n) is 5.57. The monoisotopic (exact) mass is 329 g/mol. The van der Waals surface area contributed by atoms with Crippen LogP contribution in [0.3, 0.4) is 0 Å². The Hall–Kier alpha value is -3.39. The standard InChI is InChI=1S/C20H19N5/c1-2-12-22-20-24-18(16-6-4-3-5-7-16)13-19(25-20)23-17-10-8-15(14-21)9-11-17/h3-11,13H,2,12H2,1H3,(H2,22,23,24,25). The minimum atomic E-state index is 0.597. The highest BCUT2D eigenvalue weighted by Crippen LogP contribution is 2.23. The third-order valence-electron chi connectivity index (χ3n) is 3.62. The van der Waals surface area contributed by atoms with Crippen LogP contribution in [-0.2, 0) is 0 Å². The van der Waals surface area contributed by atoms with Crippen LogP contribution in [0.5, 0.6) is 0 Å². The molecule has 1 heterocycles. The molecular formula is C20H19N5. The van der Waals surface area contributed by atoms with Gasteiger partial charge in [-0.25, -0.2) is 4.98 Å². The number of nitriles is 1. The van der Waals surface area contributed by atoms with Gasteiger partial charge in [0.05, 0.1) is 17.3 Å². The lowest BCUT2D eigenvalue weighted by atomic mass is 10.1. The van der Waals surface area contributed by atoms with E-state index in [1.54, 1.807) is 12.1 Å². The van der Waals surface area contributed by atoms with Gasteiger partial charge < -0.3 is 10.6 Å². The average molecular weight is 329 g/mol. The number of rotatable bonds is 6. The van der Waals surface area contributed by atoms with Crippen molar-refractivity contribution in [2.45, 2.75) is 13.3 Å². The Balaban J connectivity index is 1.92. The Morgan fingerprint density at radius 2 is 1.76 bits per heavy atom. The number of aromatic nitrogens is 2. The highest BCUT2D eigenvalue weighted by molar-refractivity contribution is 5.67.